The second-order valence-electron chi connectivity index (χ2n) is 6.46. The minimum absolute atomic E-state index is 0.0401. The van der Waals surface area contributed by atoms with E-state index in [-0.39, 0.29) is 11.7 Å². The average Bonchev–Trinajstić information content (AvgIpc) is 3.42. The van der Waals surface area contributed by atoms with Crippen LogP contribution in [0.3, 0.4) is 0 Å². The molecule has 1 aromatic carbocycles. The molecular weight excluding hydrogens is 381 g/mol. The maximum Gasteiger partial charge on any atom is 0.227 e. The number of thiazole rings is 1. The van der Waals surface area contributed by atoms with Gasteiger partial charge in [-0.2, -0.15) is 5.10 Å². The predicted molar refractivity (Wildman–Crippen MR) is 106 cm³/mol. The van der Waals surface area contributed by atoms with E-state index in [9.17, 15) is 9.18 Å². The van der Waals surface area contributed by atoms with Crippen LogP contribution in [-0.2, 0) is 16.1 Å². The Bertz CT molecular complexity index is 986. The van der Waals surface area contributed by atoms with E-state index in [4.69, 9.17) is 4.74 Å². The fourth-order valence-corrected chi connectivity index (χ4v) is 3.85. The van der Waals surface area contributed by atoms with Gasteiger partial charge in [0.15, 0.2) is 5.13 Å². The highest BCUT2D eigenvalue weighted by Gasteiger charge is 2.22. The maximum absolute atomic E-state index is 14.7. The van der Waals surface area contributed by atoms with Crippen molar-refractivity contribution in [1.29, 1.82) is 0 Å². The van der Waals surface area contributed by atoms with E-state index in [1.807, 2.05) is 6.20 Å². The smallest absolute Gasteiger partial charge is 0.227 e. The lowest BCUT2D eigenvalue weighted by molar-refractivity contribution is -0.117. The number of nitrogens with zero attached hydrogens (tertiary/aromatic N) is 4. The number of aromatic nitrogens is 3. The summed E-state index contributed by atoms with van der Waals surface area (Å²) in [5, 5.41) is 9.88. The molecule has 0 atom stereocenters. The Morgan fingerprint density at radius 2 is 2.29 bits per heavy atom. The van der Waals surface area contributed by atoms with Gasteiger partial charge >= 0.3 is 0 Å². The van der Waals surface area contributed by atoms with Crippen molar-refractivity contribution in [2.45, 2.75) is 19.4 Å². The van der Waals surface area contributed by atoms with E-state index in [0.29, 0.717) is 48.2 Å². The predicted octanol–water partition coefficient (Wildman–Crippen LogP) is 3.66. The summed E-state index contributed by atoms with van der Waals surface area (Å²) < 4.78 is 21.5. The van der Waals surface area contributed by atoms with Crippen molar-refractivity contribution < 1.29 is 13.9 Å². The molecule has 9 heteroatoms. The molecule has 0 bridgehead atoms. The molecular formula is C19H20FN5O2S. The van der Waals surface area contributed by atoms with Crippen molar-refractivity contribution in [3.05, 3.63) is 41.8 Å². The molecule has 1 amide bonds. The molecule has 1 saturated heterocycles. The zero-order valence-corrected chi connectivity index (χ0v) is 16.2. The van der Waals surface area contributed by atoms with Crippen LogP contribution >= 0.6 is 11.3 Å². The number of rotatable bonds is 7. The van der Waals surface area contributed by atoms with Gasteiger partial charge in [0.2, 0.25) is 5.91 Å². The van der Waals surface area contributed by atoms with Crippen molar-refractivity contribution in [3.63, 3.8) is 0 Å². The Labute approximate surface area is 165 Å². The second-order valence-corrected chi connectivity index (χ2v) is 7.32. The van der Waals surface area contributed by atoms with Crippen LogP contribution in [0.4, 0.5) is 20.9 Å². The highest BCUT2D eigenvalue weighted by Crippen LogP contribution is 2.31. The number of carbonyl (C=O) groups excluding carboxylic acids is 1. The van der Waals surface area contributed by atoms with Crippen LogP contribution in [0.1, 0.15) is 12.8 Å². The molecule has 1 fully saturated rings. The third kappa shape index (κ3) is 3.90. The lowest BCUT2D eigenvalue weighted by Gasteiger charge is -2.16. The monoisotopic (exact) mass is 401 g/mol. The summed E-state index contributed by atoms with van der Waals surface area (Å²) in [5.41, 5.74) is 2.37. The minimum Gasteiger partial charge on any atom is -0.383 e. The fraction of sp³-hybridized carbons (Fsp3) is 0.316. The number of anilines is 3. The Morgan fingerprint density at radius 1 is 1.39 bits per heavy atom. The lowest BCUT2D eigenvalue weighted by Crippen LogP contribution is -2.23. The topological polar surface area (TPSA) is 72.3 Å². The first-order valence-corrected chi connectivity index (χ1v) is 9.86. The zero-order valence-electron chi connectivity index (χ0n) is 15.4. The van der Waals surface area contributed by atoms with Gasteiger partial charge in [-0.1, -0.05) is 0 Å². The third-order valence-corrected chi connectivity index (χ3v) is 5.28. The van der Waals surface area contributed by atoms with Gasteiger partial charge in [-0.15, -0.1) is 11.3 Å². The maximum atomic E-state index is 14.7. The molecule has 0 spiro atoms. The summed E-state index contributed by atoms with van der Waals surface area (Å²) in [5.74, 6) is -0.347. The summed E-state index contributed by atoms with van der Waals surface area (Å²) in [4.78, 5) is 18.0. The number of nitrogens with one attached hydrogen (secondary N) is 1. The highest BCUT2D eigenvalue weighted by molar-refractivity contribution is 7.14. The van der Waals surface area contributed by atoms with Crippen molar-refractivity contribution in [2.75, 3.05) is 30.5 Å². The molecule has 4 rings (SSSR count). The fourth-order valence-electron chi connectivity index (χ4n) is 3.11. The zero-order chi connectivity index (χ0) is 19.5. The SMILES string of the molecule is COCCn1cc(Nc2nc(-c3ccc(N4CCCC4=O)cc3F)cs2)cn1. The molecule has 1 aliphatic rings. The van der Waals surface area contributed by atoms with Gasteiger partial charge in [0, 0.05) is 42.9 Å². The van der Waals surface area contributed by atoms with Gasteiger partial charge in [-0.3, -0.25) is 9.48 Å². The number of amides is 1. The number of hydrogen-bond acceptors (Lipinski definition) is 6. The Balaban J connectivity index is 1.48. The standard InChI is InChI=1S/C19H20FN5O2S/c1-27-8-7-24-11-13(10-21-24)22-19-23-17(12-28-19)15-5-4-14(9-16(15)20)25-6-2-3-18(25)26/h4-5,9-12H,2-3,6-8H2,1H3,(H,22,23). The quantitative estimate of drug-likeness (QED) is 0.654. The van der Waals surface area contributed by atoms with Crippen LogP contribution in [0.2, 0.25) is 0 Å². The van der Waals surface area contributed by atoms with E-state index in [1.54, 1.807) is 40.4 Å². The first kappa shape index (κ1) is 18.6. The molecule has 3 heterocycles. The minimum atomic E-state index is -0.388. The number of methoxy groups -OCH3 is 1. The van der Waals surface area contributed by atoms with Gasteiger partial charge in [0.05, 0.1) is 30.7 Å². The molecule has 3 aromatic rings. The molecule has 0 unspecified atom stereocenters. The summed E-state index contributed by atoms with van der Waals surface area (Å²) in [6.45, 7) is 1.89. The normalized spacial score (nSPS) is 14.1. The van der Waals surface area contributed by atoms with E-state index < -0.39 is 0 Å². The Hall–Kier alpha value is -2.78. The average molecular weight is 401 g/mol. The molecule has 2 aromatic heterocycles. The van der Waals surface area contributed by atoms with E-state index >= 15 is 0 Å². The van der Waals surface area contributed by atoms with Gasteiger partial charge in [0.1, 0.15) is 5.82 Å². The van der Waals surface area contributed by atoms with Crippen LogP contribution in [-0.4, -0.2) is 40.9 Å². The summed E-state index contributed by atoms with van der Waals surface area (Å²) in [7, 11) is 1.65. The number of ether oxygens (including phenoxy) is 1. The Kier molecular flexibility index (Phi) is 5.36. The number of benzene rings is 1. The largest absolute Gasteiger partial charge is 0.383 e. The number of halogens is 1. The van der Waals surface area contributed by atoms with E-state index in [1.165, 1.54) is 17.4 Å². The molecule has 146 valence electrons. The van der Waals surface area contributed by atoms with E-state index in [0.717, 1.165) is 12.1 Å². The van der Waals surface area contributed by atoms with Gasteiger partial charge < -0.3 is 15.0 Å². The van der Waals surface area contributed by atoms with Crippen LogP contribution < -0.4 is 10.2 Å². The van der Waals surface area contributed by atoms with Crippen molar-refractivity contribution in [1.82, 2.24) is 14.8 Å². The van der Waals surface area contributed by atoms with Gasteiger partial charge in [-0.25, -0.2) is 9.37 Å². The summed E-state index contributed by atoms with van der Waals surface area (Å²) in [6.07, 6.45) is 4.90. The van der Waals surface area contributed by atoms with Crippen LogP contribution in [0.25, 0.3) is 11.3 Å². The summed E-state index contributed by atoms with van der Waals surface area (Å²) >= 11 is 1.39. The van der Waals surface area contributed by atoms with Crippen LogP contribution in [0.15, 0.2) is 36.0 Å². The molecule has 7 nitrogen and oxygen atoms in total. The van der Waals surface area contributed by atoms with Gasteiger partial charge in [-0.05, 0) is 24.6 Å². The molecule has 1 aliphatic heterocycles. The van der Waals surface area contributed by atoms with Crippen LogP contribution in [0.5, 0.6) is 0 Å². The highest BCUT2D eigenvalue weighted by atomic mass is 32.1. The van der Waals surface area contributed by atoms with E-state index in [2.05, 4.69) is 15.4 Å². The second kappa shape index (κ2) is 8.07. The molecule has 28 heavy (non-hydrogen) atoms. The lowest BCUT2D eigenvalue weighted by atomic mass is 10.1. The van der Waals surface area contributed by atoms with Crippen molar-refractivity contribution in [3.8, 4) is 11.3 Å². The number of carbonyl (C=O) groups is 1. The first-order valence-electron chi connectivity index (χ1n) is 8.98. The molecule has 0 saturated carbocycles. The molecule has 0 aliphatic carbocycles. The molecule has 1 N–H and O–H groups in total. The first-order chi connectivity index (χ1) is 13.6. The van der Waals surface area contributed by atoms with Crippen molar-refractivity contribution >= 4 is 33.8 Å². The van der Waals surface area contributed by atoms with Gasteiger partial charge in [0.25, 0.3) is 0 Å². The van der Waals surface area contributed by atoms with Crippen LogP contribution in [0, 0.1) is 5.82 Å². The Morgan fingerprint density at radius 3 is 3.04 bits per heavy atom. The third-order valence-electron chi connectivity index (χ3n) is 4.53. The van der Waals surface area contributed by atoms with Crippen molar-refractivity contribution in [2.24, 2.45) is 0 Å². The number of hydrogen-bond donors (Lipinski definition) is 1. The summed E-state index contributed by atoms with van der Waals surface area (Å²) in [6, 6.07) is 4.86. The molecule has 0 radical (unpaired) electrons.